The van der Waals surface area contributed by atoms with Crippen LogP contribution in [0.5, 0.6) is 0 Å². The van der Waals surface area contributed by atoms with E-state index in [1.54, 1.807) is 30.3 Å². The number of aromatic nitrogens is 2. The van der Waals surface area contributed by atoms with Gasteiger partial charge in [0.1, 0.15) is 0 Å². The highest BCUT2D eigenvalue weighted by molar-refractivity contribution is 5.92. The normalized spacial score (nSPS) is 14.8. The van der Waals surface area contributed by atoms with E-state index in [0.717, 1.165) is 38.4 Å². The Morgan fingerprint density at radius 2 is 2.00 bits per heavy atom. The van der Waals surface area contributed by atoms with Crippen molar-refractivity contribution in [3.05, 3.63) is 47.7 Å². The zero-order valence-corrected chi connectivity index (χ0v) is 14.1. The lowest BCUT2D eigenvalue weighted by Crippen LogP contribution is -2.48. The van der Waals surface area contributed by atoms with Crippen LogP contribution in [0.15, 0.2) is 36.4 Å². The molecule has 0 aliphatic carbocycles. The molecule has 0 spiro atoms. The van der Waals surface area contributed by atoms with Gasteiger partial charge < -0.3 is 15.1 Å². The van der Waals surface area contributed by atoms with Crippen LogP contribution in [0.2, 0.25) is 0 Å². The summed E-state index contributed by atoms with van der Waals surface area (Å²) in [4.78, 5) is 16.6. The SMILES string of the molecule is CCN1CCN(C(=O)c2ccc(Nc3cccc(C#N)c3)nn2)CC1. The highest BCUT2D eigenvalue weighted by Gasteiger charge is 2.22. The summed E-state index contributed by atoms with van der Waals surface area (Å²) in [5.41, 5.74) is 1.67. The van der Waals surface area contributed by atoms with Crippen molar-refractivity contribution in [2.75, 3.05) is 38.0 Å². The van der Waals surface area contributed by atoms with Gasteiger partial charge in [0, 0.05) is 31.9 Å². The van der Waals surface area contributed by atoms with Gasteiger partial charge >= 0.3 is 0 Å². The minimum Gasteiger partial charge on any atom is -0.339 e. The second-order valence-electron chi connectivity index (χ2n) is 5.85. The molecule has 1 aliphatic heterocycles. The third kappa shape index (κ3) is 4.11. The highest BCUT2D eigenvalue weighted by atomic mass is 16.2. The van der Waals surface area contributed by atoms with E-state index in [2.05, 4.69) is 33.4 Å². The number of carbonyl (C=O) groups excluding carboxylic acids is 1. The van der Waals surface area contributed by atoms with Crippen LogP contribution in [0.4, 0.5) is 11.5 Å². The van der Waals surface area contributed by atoms with Crippen LogP contribution < -0.4 is 5.32 Å². The van der Waals surface area contributed by atoms with E-state index < -0.39 is 0 Å². The number of amides is 1. The number of nitrogens with one attached hydrogen (secondary N) is 1. The number of carbonyl (C=O) groups is 1. The largest absolute Gasteiger partial charge is 0.339 e. The summed E-state index contributed by atoms with van der Waals surface area (Å²) in [7, 11) is 0. The molecule has 7 nitrogen and oxygen atoms in total. The molecule has 1 amide bonds. The van der Waals surface area contributed by atoms with Crippen LogP contribution in [-0.4, -0.2) is 58.6 Å². The second-order valence-corrected chi connectivity index (χ2v) is 5.85. The van der Waals surface area contributed by atoms with Crippen molar-refractivity contribution < 1.29 is 4.79 Å². The lowest BCUT2D eigenvalue weighted by molar-refractivity contribution is 0.0636. The predicted molar refractivity (Wildman–Crippen MR) is 94.5 cm³/mol. The Bertz CT molecular complexity index is 775. The zero-order valence-electron chi connectivity index (χ0n) is 14.1. The van der Waals surface area contributed by atoms with E-state index in [0.29, 0.717) is 17.1 Å². The number of piperazine rings is 1. The van der Waals surface area contributed by atoms with Gasteiger partial charge in [-0.05, 0) is 36.9 Å². The predicted octanol–water partition coefficient (Wildman–Crippen LogP) is 1.87. The number of nitrogens with zero attached hydrogens (tertiary/aromatic N) is 5. The van der Waals surface area contributed by atoms with E-state index in [1.807, 2.05) is 11.0 Å². The van der Waals surface area contributed by atoms with Gasteiger partial charge in [0.05, 0.1) is 11.6 Å². The van der Waals surface area contributed by atoms with Crippen LogP contribution in [-0.2, 0) is 0 Å². The average Bonchev–Trinajstić information content (AvgIpc) is 2.68. The quantitative estimate of drug-likeness (QED) is 0.917. The number of hydrogen-bond acceptors (Lipinski definition) is 6. The van der Waals surface area contributed by atoms with Crippen molar-refractivity contribution in [2.45, 2.75) is 6.92 Å². The molecule has 0 unspecified atom stereocenters. The Morgan fingerprint density at radius 1 is 1.20 bits per heavy atom. The van der Waals surface area contributed by atoms with Gasteiger partial charge in [-0.15, -0.1) is 10.2 Å². The Kier molecular flexibility index (Phi) is 5.21. The molecule has 2 aromatic rings. The molecule has 1 saturated heterocycles. The Morgan fingerprint density at radius 3 is 2.64 bits per heavy atom. The van der Waals surface area contributed by atoms with Crippen molar-refractivity contribution >= 4 is 17.4 Å². The molecule has 0 saturated carbocycles. The van der Waals surface area contributed by atoms with Crippen molar-refractivity contribution in [3.63, 3.8) is 0 Å². The maximum absolute atomic E-state index is 12.5. The second kappa shape index (κ2) is 7.73. The average molecular weight is 336 g/mol. The molecular formula is C18H20N6O. The molecule has 0 atom stereocenters. The van der Waals surface area contributed by atoms with E-state index in [-0.39, 0.29) is 5.91 Å². The fraction of sp³-hybridized carbons (Fsp3) is 0.333. The maximum Gasteiger partial charge on any atom is 0.274 e. The van der Waals surface area contributed by atoms with Crippen molar-refractivity contribution in [2.24, 2.45) is 0 Å². The Balaban J connectivity index is 1.64. The molecule has 1 N–H and O–H groups in total. The van der Waals surface area contributed by atoms with Gasteiger partial charge in [0.2, 0.25) is 0 Å². The fourth-order valence-corrected chi connectivity index (χ4v) is 2.76. The molecule has 0 bridgehead atoms. The number of benzene rings is 1. The molecule has 7 heteroatoms. The molecule has 1 aromatic carbocycles. The van der Waals surface area contributed by atoms with Gasteiger partial charge in [0.15, 0.2) is 11.5 Å². The Hall–Kier alpha value is -2.98. The molecular weight excluding hydrogens is 316 g/mol. The smallest absolute Gasteiger partial charge is 0.274 e. The van der Waals surface area contributed by atoms with Crippen LogP contribution in [0, 0.1) is 11.3 Å². The van der Waals surface area contributed by atoms with Gasteiger partial charge in [-0.3, -0.25) is 4.79 Å². The van der Waals surface area contributed by atoms with Gasteiger partial charge in [-0.1, -0.05) is 13.0 Å². The van der Waals surface area contributed by atoms with Crippen LogP contribution in [0.25, 0.3) is 0 Å². The summed E-state index contributed by atoms with van der Waals surface area (Å²) in [6, 6.07) is 12.6. The molecule has 1 aliphatic rings. The van der Waals surface area contributed by atoms with Crippen LogP contribution in [0.3, 0.4) is 0 Å². The summed E-state index contributed by atoms with van der Waals surface area (Å²) in [5.74, 6) is 0.448. The number of hydrogen-bond donors (Lipinski definition) is 1. The molecule has 1 fully saturated rings. The lowest BCUT2D eigenvalue weighted by atomic mass is 10.2. The first-order valence-corrected chi connectivity index (χ1v) is 8.32. The Labute approximate surface area is 146 Å². The molecule has 2 heterocycles. The zero-order chi connectivity index (χ0) is 17.6. The summed E-state index contributed by atoms with van der Waals surface area (Å²) < 4.78 is 0. The van der Waals surface area contributed by atoms with Crippen molar-refractivity contribution in [1.29, 1.82) is 5.26 Å². The lowest BCUT2D eigenvalue weighted by Gasteiger charge is -2.33. The molecule has 1 aromatic heterocycles. The molecule has 3 rings (SSSR count). The van der Waals surface area contributed by atoms with Gasteiger partial charge in [-0.2, -0.15) is 5.26 Å². The molecule has 25 heavy (non-hydrogen) atoms. The highest BCUT2D eigenvalue weighted by Crippen LogP contribution is 2.16. The summed E-state index contributed by atoms with van der Waals surface area (Å²) in [5, 5.41) is 20.1. The topological polar surface area (TPSA) is 85.1 Å². The summed E-state index contributed by atoms with van der Waals surface area (Å²) in [6.07, 6.45) is 0. The minimum absolute atomic E-state index is 0.0821. The first-order valence-electron chi connectivity index (χ1n) is 8.32. The monoisotopic (exact) mass is 336 g/mol. The van der Waals surface area contributed by atoms with E-state index in [4.69, 9.17) is 5.26 Å². The molecule has 0 radical (unpaired) electrons. The number of anilines is 2. The fourth-order valence-electron chi connectivity index (χ4n) is 2.76. The van der Waals surface area contributed by atoms with Crippen LogP contribution in [0.1, 0.15) is 23.0 Å². The first-order chi connectivity index (χ1) is 12.2. The molecule has 128 valence electrons. The number of nitriles is 1. The van der Waals surface area contributed by atoms with Gasteiger partial charge in [-0.25, -0.2) is 0 Å². The number of rotatable bonds is 4. The van der Waals surface area contributed by atoms with Crippen molar-refractivity contribution in [1.82, 2.24) is 20.0 Å². The van der Waals surface area contributed by atoms with Crippen molar-refractivity contribution in [3.8, 4) is 6.07 Å². The third-order valence-corrected chi connectivity index (χ3v) is 4.25. The van der Waals surface area contributed by atoms with E-state index >= 15 is 0 Å². The minimum atomic E-state index is -0.0821. The summed E-state index contributed by atoms with van der Waals surface area (Å²) in [6.45, 7) is 6.36. The third-order valence-electron chi connectivity index (χ3n) is 4.25. The van der Waals surface area contributed by atoms with Crippen LogP contribution >= 0.6 is 0 Å². The maximum atomic E-state index is 12.5. The first kappa shape index (κ1) is 16.9. The van der Waals surface area contributed by atoms with Gasteiger partial charge in [0.25, 0.3) is 5.91 Å². The summed E-state index contributed by atoms with van der Waals surface area (Å²) >= 11 is 0. The standard InChI is InChI=1S/C18H20N6O/c1-2-23-8-10-24(11-9-23)18(25)16-6-7-17(22-21-16)20-15-5-3-4-14(12-15)13-19/h3-7,12H,2,8-11H2,1H3,(H,20,22). The number of likely N-dealkylation sites (N-methyl/N-ethyl adjacent to an activating group) is 1. The van der Waals surface area contributed by atoms with E-state index in [9.17, 15) is 4.79 Å². The van der Waals surface area contributed by atoms with E-state index in [1.165, 1.54) is 0 Å².